The van der Waals surface area contributed by atoms with E-state index in [1.165, 1.54) is 12.8 Å². The molecule has 0 saturated carbocycles. The Morgan fingerprint density at radius 2 is 1.85 bits per heavy atom. The number of carbonyl (C=O) groups excluding carboxylic acids is 1. The van der Waals surface area contributed by atoms with Crippen LogP contribution in [0, 0.1) is 0 Å². The van der Waals surface area contributed by atoms with E-state index in [4.69, 9.17) is 0 Å². The van der Waals surface area contributed by atoms with Crippen molar-refractivity contribution in [2.75, 3.05) is 36.4 Å². The molecule has 5 nitrogen and oxygen atoms in total. The Morgan fingerprint density at radius 1 is 1.12 bits per heavy atom. The molecule has 2 heterocycles. The van der Waals surface area contributed by atoms with Crippen LogP contribution in [0.5, 0.6) is 0 Å². The van der Waals surface area contributed by atoms with E-state index < -0.39 is 0 Å². The summed E-state index contributed by atoms with van der Waals surface area (Å²) in [5.41, 5.74) is 2.63. The van der Waals surface area contributed by atoms with Crippen molar-refractivity contribution >= 4 is 17.4 Å². The van der Waals surface area contributed by atoms with Crippen LogP contribution >= 0.6 is 0 Å². The zero-order chi connectivity index (χ0) is 18.4. The second-order valence-electron chi connectivity index (χ2n) is 6.67. The zero-order valence-corrected chi connectivity index (χ0v) is 15.7. The van der Waals surface area contributed by atoms with Crippen LogP contribution in [-0.2, 0) is 6.54 Å². The Kier molecular flexibility index (Phi) is 6.23. The monoisotopic (exact) mass is 352 g/mol. The Labute approximate surface area is 156 Å². The molecule has 1 fully saturated rings. The highest BCUT2D eigenvalue weighted by Crippen LogP contribution is 2.21. The third kappa shape index (κ3) is 4.41. The van der Waals surface area contributed by atoms with E-state index in [9.17, 15) is 4.79 Å². The summed E-state index contributed by atoms with van der Waals surface area (Å²) in [6.07, 6.45) is 4.18. The number of hydrogen-bond donors (Lipinski definition) is 1. The van der Waals surface area contributed by atoms with E-state index in [0.717, 1.165) is 49.8 Å². The number of likely N-dealkylation sites (tertiary alicyclic amines) is 1. The highest BCUT2D eigenvalue weighted by molar-refractivity contribution is 6.04. The van der Waals surface area contributed by atoms with Crippen molar-refractivity contribution in [1.29, 1.82) is 0 Å². The summed E-state index contributed by atoms with van der Waals surface area (Å²) in [4.78, 5) is 21.7. The molecule has 5 heteroatoms. The van der Waals surface area contributed by atoms with Gasteiger partial charge in [-0.05, 0) is 63.5 Å². The first-order valence-electron chi connectivity index (χ1n) is 9.54. The van der Waals surface area contributed by atoms with Gasteiger partial charge in [-0.3, -0.25) is 9.69 Å². The van der Waals surface area contributed by atoms with Crippen LogP contribution in [0.3, 0.4) is 0 Å². The summed E-state index contributed by atoms with van der Waals surface area (Å²) in [6.45, 7) is 9.16. The number of benzene rings is 1. The summed E-state index contributed by atoms with van der Waals surface area (Å²) in [7, 11) is 0. The van der Waals surface area contributed by atoms with Gasteiger partial charge in [0.05, 0.1) is 5.56 Å². The molecule has 1 aliphatic rings. The molecule has 1 aromatic carbocycles. The van der Waals surface area contributed by atoms with Gasteiger partial charge in [0.15, 0.2) is 0 Å². The number of rotatable bonds is 7. The molecule has 1 aliphatic heterocycles. The topological polar surface area (TPSA) is 48.5 Å². The molecule has 26 heavy (non-hydrogen) atoms. The number of amides is 1. The summed E-state index contributed by atoms with van der Waals surface area (Å²) in [5, 5.41) is 3.06. The van der Waals surface area contributed by atoms with Crippen molar-refractivity contribution in [3.8, 4) is 0 Å². The number of nitrogens with zero attached hydrogens (tertiary/aromatic N) is 3. The standard InChI is InChI=1S/C21H28N4O/c1-3-25(4-2)20-12-11-17(15-22-20)21(26)23-19-10-6-5-9-18(19)16-24-13-7-8-14-24/h5-6,9-12,15H,3-4,7-8,13-14,16H2,1-2H3,(H,23,26). The fraction of sp³-hybridized carbons (Fsp3) is 0.429. The first-order valence-corrected chi connectivity index (χ1v) is 9.54. The molecule has 0 radical (unpaired) electrons. The zero-order valence-electron chi connectivity index (χ0n) is 15.7. The molecule has 0 spiro atoms. The molecular weight excluding hydrogens is 324 g/mol. The molecule has 0 atom stereocenters. The maximum absolute atomic E-state index is 12.6. The van der Waals surface area contributed by atoms with E-state index in [1.54, 1.807) is 6.20 Å². The normalized spacial score (nSPS) is 14.4. The smallest absolute Gasteiger partial charge is 0.257 e. The first-order chi connectivity index (χ1) is 12.7. The highest BCUT2D eigenvalue weighted by atomic mass is 16.1. The van der Waals surface area contributed by atoms with E-state index in [-0.39, 0.29) is 5.91 Å². The largest absolute Gasteiger partial charge is 0.357 e. The Bertz CT molecular complexity index is 719. The van der Waals surface area contributed by atoms with Crippen LogP contribution in [0.15, 0.2) is 42.6 Å². The maximum atomic E-state index is 12.6. The minimum Gasteiger partial charge on any atom is -0.357 e. The van der Waals surface area contributed by atoms with Crippen LogP contribution in [0.4, 0.5) is 11.5 Å². The molecule has 3 rings (SSSR count). The van der Waals surface area contributed by atoms with Gasteiger partial charge in [-0.25, -0.2) is 4.98 Å². The van der Waals surface area contributed by atoms with Gasteiger partial charge < -0.3 is 10.2 Å². The summed E-state index contributed by atoms with van der Waals surface area (Å²) in [5.74, 6) is 0.790. The molecule has 0 bridgehead atoms. The van der Waals surface area contributed by atoms with Crippen LogP contribution in [-0.4, -0.2) is 42.0 Å². The average molecular weight is 352 g/mol. The molecule has 1 saturated heterocycles. The van der Waals surface area contributed by atoms with Crippen LogP contribution in [0.25, 0.3) is 0 Å². The van der Waals surface area contributed by atoms with Crippen molar-refractivity contribution < 1.29 is 4.79 Å². The number of hydrogen-bond acceptors (Lipinski definition) is 4. The Morgan fingerprint density at radius 3 is 2.50 bits per heavy atom. The lowest BCUT2D eigenvalue weighted by molar-refractivity contribution is 0.102. The van der Waals surface area contributed by atoms with E-state index in [0.29, 0.717) is 5.56 Å². The quantitative estimate of drug-likeness (QED) is 0.824. The van der Waals surface area contributed by atoms with Crippen molar-refractivity contribution in [2.24, 2.45) is 0 Å². The summed E-state index contributed by atoms with van der Waals surface area (Å²) < 4.78 is 0. The molecule has 0 aliphatic carbocycles. The van der Waals surface area contributed by atoms with Gasteiger partial charge in [-0.15, -0.1) is 0 Å². The molecule has 0 unspecified atom stereocenters. The van der Waals surface area contributed by atoms with Gasteiger partial charge in [-0.2, -0.15) is 0 Å². The fourth-order valence-corrected chi connectivity index (χ4v) is 3.41. The molecule has 1 aromatic heterocycles. The van der Waals surface area contributed by atoms with Crippen molar-refractivity contribution in [3.05, 3.63) is 53.7 Å². The number of pyridine rings is 1. The predicted molar refractivity (Wildman–Crippen MR) is 107 cm³/mol. The highest BCUT2D eigenvalue weighted by Gasteiger charge is 2.15. The van der Waals surface area contributed by atoms with Gasteiger partial charge >= 0.3 is 0 Å². The minimum absolute atomic E-state index is 0.113. The number of nitrogens with one attached hydrogen (secondary N) is 1. The predicted octanol–water partition coefficient (Wildman–Crippen LogP) is 3.78. The van der Waals surface area contributed by atoms with Gasteiger partial charge in [0.2, 0.25) is 0 Å². The third-order valence-corrected chi connectivity index (χ3v) is 4.96. The van der Waals surface area contributed by atoms with Crippen LogP contribution < -0.4 is 10.2 Å². The van der Waals surface area contributed by atoms with Crippen LogP contribution in [0.2, 0.25) is 0 Å². The van der Waals surface area contributed by atoms with Gasteiger partial charge in [0.1, 0.15) is 5.82 Å². The van der Waals surface area contributed by atoms with Crippen molar-refractivity contribution in [1.82, 2.24) is 9.88 Å². The SMILES string of the molecule is CCN(CC)c1ccc(C(=O)Nc2ccccc2CN2CCCC2)cn1. The van der Waals surface area contributed by atoms with Gasteiger partial charge in [0, 0.05) is 31.5 Å². The fourth-order valence-electron chi connectivity index (χ4n) is 3.41. The molecule has 1 N–H and O–H groups in total. The van der Waals surface area contributed by atoms with E-state index in [1.807, 2.05) is 30.3 Å². The lowest BCUT2D eigenvalue weighted by Gasteiger charge is -2.20. The number of aromatic nitrogens is 1. The number of anilines is 2. The van der Waals surface area contributed by atoms with Gasteiger partial charge in [0.25, 0.3) is 5.91 Å². The average Bonchev–Trinajstić information content (AvgIpc) is 3.18. The molecular formula is C21H28N4O. The lowest BCUT2D eigenvalue weighted by Crippen LogP contribution is -2.23. The second-order valence-corrected chi connectivity index (χ2v) is 6.67. The molecule has 1 amide bonds. The Hall–Kier alpha value is -2.40. The first kappa shape index (κ1) is 18.4. The van der Waals surface area contributed by atoms with E-state index >= 15 is 0 Å². The van der Waals surface area contributed by atoms with Gasteiger partial charge in [-0.1, -0.05) is 18.2 Å². The Balaban J connectivity index is 1.69. The third-order valence-electron chi connectivity index (χ3n) is 4.96. The maximum Gasteiger partial charge on any atom is 0.257 e. The number of carbonyl (C=O) groups is 1. The summed E-state index contributed by atoms with van der Waals surface area (Å²) in [6, 6.07) is 11.8. The lowest BCUT2D eigenvalue weighted by atomic mass is 10.1. The summed E-state index contributed by atoms with van der Waals surface area (Å²) >= 11 is 0. The van der Waals surface area contributed by atoms with Crippen molar-refractivity contribution in [2.45, 2.75) is 33.2 Å². The molecule has 138 valence electrons. The molecule has 2 aromatic rings. The number of para-hydroxylation sites is 1. The second kappa shape index (κ2) is 8.81. The van der Waals surface area contributed by atoms with Crippen LogP contribution in [0.1, 0.15) is 42.6 Å². The minimum atomic E-state index is -0.113. The van der Waals surface area contributed by atoms with Crippen molar-refractivity contribution in [3.63, 3.8) is 0 Å². The van der Waals surface area contributed by atoms with E-state index in [2.05, 4.69) is 40.0 Å².